The molecule has 0 radical (unpaired) electrons. The van der Waals surface area contributed by atoms with Gasteiger partial charge in [-0.25, -0.2) is 13.8 Å². The zero-order valence-electron chi connectivity index (χ0n) is 10.4. The molecule has 106 valence electrons. The molecule has 1 heterocycles. The molecule has 0 aliphatic heterocycles. The third-order valence-electron chi connectivity index (χ3n) is 2.72. The Labute approximate surface area is 130 Å². The topological polar surface area (TPSA) is 42.0 Å². The highest BCUT2D eigenvalue weighted by molar-refractivity contribution is 9.10. The lowest BCUT2D eigenvalue weighted by molar-refractivity contribution is 0.102. The molecule has 0 saturated heterocycles. The maximum absolute atomic E-state index is 13.6. The first-order valence-electron chi connectivity index (χ1n) is 5.85. The van der Waals surface area contributed by atoms with Crippen LogP contribution in [0.4, 0.5) is 13.9 Å². The average molecular weight is 369 g/mol. The molecular weight excluding hydrogens is 362 g/mol. The van der Waals surface area contributed by atoms with E-state index in [1.807, 2.05) is 0 Å². The Balaban J connectivity index is 1.91. The molecule has 0 unspecified atom stereocenters. The molecule has 7 heteroatoms. The van der Waals surface area contributed by atoms with E-state index in [1.165, 1.54) is 6.07 Å². The summed E-state index contributed by atoms with van der Waals surface area (Å²) in [4.78, 5) is 16.0. The van der Waals surface area contributed by atoms with E-state index in [0.717, 1.165) is 21.9 Å². The number of hydrogen-bond donors (Lipinski definition) is 1. The number of amides is 1. The van der Waals surface area contributed by atoms with Gasteiger partial charge in [-0.1, -0.05) is 33.3 Å². The molecule has 3 rings (SSSR count). The van der Waals surface area contributed by atoms with Crippen molar-refractivity contribution in [3.05, 3.63) is 58.1 Å². The van der Waals surface area contributed by atoms with Gasteiger partial charge < -0.3 is 0 Å². The number of thiazole rings is 1. The summed E-state index contributed by atoms with van der Waals surface area (Å²) in [7, 11) is 0. The summed E-state index contributed by atoms with van der Waals surface area (Å²) in [6.45, 7) is 0. The Bertz CT molecular complexity index is 850. The van der Waals surface area contributed by atoms with Crippen LogP contribution >= 0.6 is 27.3 Å². The Hall–Kier alpha value is -1.86. The lowest BCUT2D eigenvalue weighted by Gasteiger charge is -2.01. The van der Waals surface area contributed by atoms with E-state index in [2.05, 4.69) is 26.2 Å². The van der Waals surface area contributed by atoms with E-state index in [4.69, 9.17) is 0 Å². The lowest BCUT2D eigenvalue weighted by atomic mass is 10.2. The zero-order chi connectivity index (χ0) is 15.0. The van der Waals surface area contributed by atoms with Gasteiger partial charge in [-0.05, 0) is 24.3 Å². The molecule has 0 bridgehead atoms. The molecule has 0 saturated carbocycles. The summed E-state index contributed by atoms with van der Waals surface area (Å²) in [6, 6.07) is 8.78. The number of fused-ring (bicyclic) bond motifs is 1. The Morgan fingerprint density at radius 2 is 2.05 bits per heavy atom. The molecule has 1 N–H and O–H groups in total. The maximum Gasteiger partial charge on any atom is 0.257 e. The van der Waals surface area contributed by atoms with Gasteiger partial charge in [0.05, 0.1) is 4.70 Å². The smallest absolute Gasteiger partial charge is 0.257 e. The average Bonchev–Trinajstić information content (AvgIpc) is 2.81. The minimum absolute atomic E-state index is 0.0472. The monoisotopic (exact) mass is 368 g/mol. The minimum atomic E-state index is -0.746. The number of carbonyl (C=O) groups excluding carboxylic acids is 1. The molecule has 3 nitrogen and oxygen atoms in total. The predicted molar refractivity (Wildman–Crippen MR) is 81.6 cm³/mol. The summed E-state index contributed by atoms with van der Waals surface area (Å²) < 4.78 is 27.8. The van der Waals surface area contributed by atoms with Gasteiger partial charge in [0.25, 0.3) is 5.91 Å². The highest BCUT2D eigenvalue weighted by Crippen LogP contribution is 2.29. The number of rotatable bonds is 2. The SMILES string of the molecule is O=C(Nc1nc2c(F)cc(F)cc2s1)c1cccc(Br)c1. The fourth-order valence-corrected chi connectivity index (χ4v) is 3.11. The number of anilines is 1. The standard InChI is InChI=1S/C14H7BrF2N2OS/c15-8-3-1-2-7(4-8)13(20)19-14-18-12-10(17)5-9(16)6-11(12)21-14/h1-6H,(H,18,19,20). The molecule has 0 aliphatic carbocycles. The number of nitrogens with zero attached hydrogens (tertiary/aromatic N) is 1. The highest BCUT2D eigenvalue weighted by atomic mass is 79.9. The first kappa shape index (κ1) is 14.1. The maximum atomic E-state index is 13.6. The van der Waals surface area contributed by atoms with Gasteiger partial charge in [-0.3, -0.25) is 10.1 Å². The van der Waals surface area contributed by atoms with Crippen molar-refractivity contribution in [3.63, 3.8) is 0 Å². The van der Waals surface area contributed by atoms with Crippen molar-refractivity contribution < 1.29 is 13.6 Å². The van der Waals surface area contributed by atoms with E-state index in [0.29, 0.717) is 10.3 Å². The highest BCUT2D eigenvalue weighted by Gasteiger charge is 2.13. The van der Waals surface area contributed by atoms with Crippen LogP contribution in [0, 0.1) is 11.6 Å². The van der Waals surface area contributed by atoms with Crippen molar-refractivity contribution in [3.8, 4) is 0 Å². The third-order valence-corrected chi connectivity index (χ3v) is 4.13. The molecular formula is C14H7BrF2N2OS. The summed E-state index contributed by atoms with van der Waals surface area (Å²) in [5.41, 5.74) is 0.487. The Morgan fingerprint density at radius 1 is 1.24 bits per heavy atom. The second-order valence-corrected chi connectivity index (χ2v) is 6.16. The number of aromatic nitrogens is 1. The molecule has 1 amide bonds. The molecule has 0 aliphatic rings. The van der Waals surface area contributed by atoms with Gasteiger partial charge in [0.1, 0.15) is 11.3 Å². The normalized spacial score (nSPS) is 10.8. The van der Waals surface area contributed by atoms with Gasteiger partial charge in [0.2, 0.25) is 0 Å². The minimum Gasteiger partial charge on any atom is -0.298 e. The van der Waals surface area contributed by atoms with Crippen molar-refractivity contribution in [2.24, 2.45) is 0 Å². The second-order valence-electron chi connectivity index (χ2n) is 4.22. The van der Waals surface area contributed by atoms with Gasteiger partial charge in [-0.15, -0.1) is 0 Å². The Kier molecular flexibility index (Phi) is 3.69. The van der Waals surface area contributed by atoms with Gasteiger partial charge in [0.15, 0.2) is 10.9 Å². The fraction of sp³-hybridized carbons (Fsp3) is 0. The van der Waals surface area contributed by atoms with E-state index < -0.39 is 11.6 Å². The fourth-order valence-electron chi connectivity index (χ4n) is 1.81. The van der Waals surface area contributed by atoms with Crippen LogP contribution in [0.2, 0.25) is 0 Å². The number of nitrogens with one attached hydrogen (secondary N) is 1. The van der Waals surface area contributed by atoms with Crippen LogP contribution in [0.25, 0.3) is 10.2 Å². The Morgan fingerprint density at radius 3 is 2.81 bits per heavy atom. The van der Waals surface area contributed by atoms with Crippen LogP contribution in [0.3, 0.4) is 0 Å². The molecule has 3 aromatic rings. The largest absolute Gasteiger partial charge is 0.298 e. The second kappa shape index (κ2) is 5.50. The molecule has 2 aromatic carbocycles. The van der Waals surface area contributed by atoms with Crippen LogP contribution in [0.15, 0.2) is 40.9 Å². The molecule has 1 aromatic heterocycles. The zero-order valence-corrected chi connectivity index (χ0v) is 12.8. The van der Waals surface area contributed by atoms with Crippen LogP contribution < -0.4 is 5.32 Å². The number of carbonyl (C=O) groups is 1. The van der Waals surface area contributed by atoms with Crippen LogP contribution in [-0.2, 0) is 0 Å². The summed E-state index contributed by atoms with van der Waals surface area (Å²) in [5, 5.41) is 2.80. The predicted octanol–water partition coefficient (Wildman–Crippen LogP) is 4.59. The van der Waals surface area contributed by atoms with E-state index in [-0.39, 0.29) is 16.6 Å². The van der Waals surface area contributed by atoms with Gasteiger partial charge in [-0.2, -0.15) is 0 Å². The number of halogens is 3. The van der Waals surface area contributed by atoms with E-state index >= 15 is 0 Å². The van der Waals surface area contributed by atoms with Crippen molar-refractivity contribution >= 4 is 48.5 Å². The van der Waals surface area contributed by atoms with Gasteiger partial charge in [0, 0.05) is 16.1 Å². The van der Waals surface area contributed by atoms with E-state index in [1.54, 1.807) is 24.3 Å². The third kappa shape index (κ3) is 2.93. The van der Waals surface area contributed by atoms with Crippen molar-refractivity contribution in [2.45, 2.75) is 0 Å². The van der Waals surface area contributed by atoms with E-state index in [9.17, 15) is 13.6 Å². The molecule has 0 atom stereocenters. The van der Waals surface area contributed by atoms with Gasteiger partial charge >= 0.3 is 0 Å². The molecule has 0 spiro atoms. The van der Waals surface area contributed by atoms with Crippen LogP contribution in [-0.4, -0.2) is 10.9 Å². The first-order chi connectivity index (χ1) is 10.0. The lowest BCUT2D eigenvalue weighted by Crippen LogP contribution is -2.11. The molecule has 0 fully saturated rings. The summed E-state index contributed by atoms with van der Waals surface area (Å²) in [6.07, 6.45) is 0. The van der Waals surface area contributed by atoms with Crippen molar-refractivity contribution in [2.75, 3.05) is 5.32 Å². The van der Waals surface area contributed by atoms with Crippen LogP contribution in [0.1, 0.15) is 10.4 Å². The van der Waals surface area contributed by atoms with Crippen LogP contribution in [0.5, 0.6) is 0 Å². The van der Waals surface area contributed by atoms with Crippen molar-refractivity contribution in [1.29, 1.82) is 0 Å². The quantitative estimate of drug-likeness (QED) is 0.718. The number of hydrogen-bond acceptors (Lipinski definition) is 3. The van der Waals surface area contributed by atoms with Crippen molar-refractivity contribution in [1.82, 2.24) is 4.98 Å². The summed E-state index contributed by atoms with van der Waals surface area (Å²) in [5.74, 6) is -1.78. The number of benzene rings is 2. The summed E-state index contributed by atoms with van der Waals surface area (Å²) >= 11 is 4.30. The first-order valence-corrected chi connectivity index (χ1v) is 7.46. The molecule has 21 heavy (non-hydrogen) atoms.